The lowest BCUT2D eigenvalue weighted by atomic mass is 10.1. The number of rotatable bonds is 0. The van der Waals surface area contributed by atoms with Gasteiger partial charge in [-0.25, -0.2) is 29.9 Å². The van der Waals surface area contributed by atoms with Crippen LogP contribution in [-0.4, -0.2) is 39.5 Å². The number of aromatic nitrogens is 8. The monoisotopic (exact) mass is 800 g/mol. The molecular weight excluding hydrogens is 792 g/mol. The van der Waals surface area contributed by atoms with Gasteiger partial charge in [-0.05, 0) is 48.5 Å². The van der Waals surface area contributed by atoms with Crippen LogP contribution in [0.2, 0.25) is 40.2 Å². The van der Waals surface area contributed by atoms with Gasteiger partial charge >= 0.3 is 0 Å². The minimum atomic E-state index is 0.223. The molecule has 7 aromatic rings. The van der Waals surface area contributed by atoms with Crippen molar-refractivity contribution in [3.05, 3.63) is 88.7 Å². The number of H-pyrrole nitrogens is 1. The van der Waals surface area contributed by atoms with Crippen molar-refractivity contribution in [2.45, 2.75) is 0 Å². The third-order valence-corrected chi connectivity index (χ3v) is 10.9. The average molecular weight is 804 g/mol. The summed E-state index contributed by atoms with van der Waals surface area (Å²) >= 11 is 54.5. The summed E-state index contributed by atoms with van der Waals surface area (Å²) in [6.45, 7) is 0. The molecule has 0 aliphatic carbocycles. The van der Waals surface area contributed by atoms with Crippen molar-refractivity contribution in [2.75, 3.05) is 0 Å². The Morgan fingerprint density at radius 2 is 0.673 bits per heavy atom. The first-order valence-electron chi connectivity index (χ1n) is 14.2. The fraction of sp³-hybridized carbons (Fsp3) is 0.0303. The molecule has 0 saturated heterocycles. The molecule has 0 radical (unpaired) electrons. The molecule has 49 heavy (non-hydrogen) atoms. The van der Waals surface area contributed by atoms with E-state index in [0.717, 1.165) is 0 Å². The van der Waals surface area contributed by atoms with Gasteiger partial charge in [0.2, 0.25) is 0 Å². The topological polar surface area (TPSA) is 98.1 Å². The maximum Gasteiger partial charge on any atom is 0.166 e. The molecule has 8 nitrogen and oxygen atoms in total. The van der Waals surface area contributed by atoms with Crippen LogP contribution < -0.4 is 0 Å². The van der Waals surface area contributed by atoms with E-state index in [1.165, 1.54) is 0 Å². The van der Waals surface area contributed by atoms with Crippen molar-refractivity contribution < 1.29 is 0 Å². The number of fused-ring (bicyclic) bond motifs is 20. The molecule has 16 heteroatoms. The van der Waals surface area contributed by atoms with Gasteiger partial charge in [0.25, 0.3) is 0 Å². The first-order chi connectivity index (χ1) is 23.5. The molecule has 8 bridgehead atoms. The highest BCUT2D eigenvalue weighted by Crippen LogP contribution is 2.47. The van der Waals surface area contributed by atoms with E-state index in [0.29, 0.717) is 107 Å². The van der Waals surface area contributed by atoms with Gasteiger partial charge in [0.05, 0.1) is 62.4 Å². The van der Waals surface area contributed by atoms with E-state index in [4.69, 9.17) is 123 Å². The highest BCUT2D eigenvalue weighted by molar-refractivity contribution is 6.44. The number of aryl methyl sites for hydroxylation is 1. The molecule has 2 aliphatic heterocycles. The molecular formula is C33H12Cl8N8. The zero-order chi connectivity index (χ0) is 34.0. The summed E-state index contributed by atoms with van der Waals surface area (Å²) in [5.74, 6) is 0.913. The molecule has 0 unspecified atom stereocenters. The van der Waals surface area contributed by atoms with Gasteiger partial charge in [0.15, 0.2) is 23.3 Å². The van der Waals surface area contributed by atoms with Crippen molar-refractivity contribution in [1.29, 1.82) is 0 Å². The normalized spacial score (nSPS) is 12.2. The molecule has 240 valence electrons. The molecule has 0 fully saturated rings. The predicted molar refractivity (Wildman–Crippen MR) is 201 cm³/mol. The van der Waals surface area contributed by atoms with Crippen molar-refractivity contribution in [3.8, 4) is 45.6 Å². The molecule has 2 aliphatic rings. The first kappa shape index (κ1) is 31.5. The van der Waals surface area contributed by atoms with Gasteiger partial charge in [0, 0.05) is 28.6 Å². The lowest BCUT2D eigenvalue weighted by Gasteiger charge is -2.04. The second kappa shape index (κ2) is 11.3. The van der Waals surface area contributed by atoms with E-state index in [9.17, 15) is 0 Å². The number of nitrogens with zero attached hydrogens (tertiary/aromatic N) is 7. The Hall–Kier alpha value is -3.44. The van der Waals surface area contributed by atoms with E-state index in [1.54, 1.807) is 60.1 Å². The Balaban J connectivity index is 1.60. The molecule has 5 heterocycles. The molecule has 4 aromatic carbocycles. The van der Waals surface area contributed by atoms with Crippen LogP contribution in [0.4, 0.5) is 0 Å². The Labute approximate surface area is 315 Å². The number of nitrogens with one attached hydrogen (secondary N) is 1. The number of aromatic amines is 1. The smallest absolute Gasteiger partial charge is 0.166 e. The third kappa shape index (κ3) is 4.59. The van der Waals surface area contributed by atoms with E-state index < -0.39 is 0 Å². The van der Waals surface area contributed by atoms with Crippen LogP contribution in [-0.2, 0) is 7.05 Å². The molecule has 3 aromatic heterocycles. The Morgan fingerprint density at radius 3 is 1.02 bits per heavy atom. The van der Waals surface area contributed by atoms with Gasteiger partial charge < -0.3 is 9.55 Å². The predicted octanol–water partition coefficient (Wildman–Crippen LogP) is 12.1. The lowest BCUT2D eigenvalue weighted by molar-refractivity contribution is 0.967. The molecule has 0 atom stereocenters. The quantitative estimate of drug-likeness (QED) is 0.164. The first-order valence-corrected chi connectivity index (χ1v) is 17.3. The van der Waals surface area contributed by atoms with Gasteiger partial charge in [-0.1, -0.05) is 92.8 Å². The summed E-state index contributed by atoms with van der Waals surface area (Å²) in [5, 5.41) is 4.96. The van der Waals surface area contributed by atoms with Crippen LogP contribution in [0.5, 0.6) is 0 Å². The summed E-state index contributed by atoms with van der Waals surface area (Å²) < 4.78 is 1.74. The highest BCUT2D eigenvalue weighted by atomic mass is 35.5. The summed E-state index contributed by atoms with van der Waals surface area (Å²) in [6.07, 6.45) is 0. The fourth-order valence-electron chi connectivity index (χ4n) is 6.24. The summed E-state index contributed by atoms with van der Waals surface area (Å²) in [7, 11) is 1.78. The van der Waals surface area contributed by atoms with Crippen molar-refractivity contribution in [1.82, 2.24) is 39.5 Å². The zero-order valence-electron chi connectivity index (χ0n) is 24.3. The lowest BCUT2D eigenvalue weighted by Crippen LogP contribution is -1.93. The van der Waals surface area contributed by atoms with Gasteiger partial charge in [0.1, 0.15) is 22.6 Å². The molecule has 0 saturated carbocycles. The van der Waals surface area contributed by atoms with Crippen molar-refractivity contribution >= 4 is 137 Å². The van der Waals surface area contributed by atoms with Crippen LogP contribution in [0.15, 0.2) is 48.5 Å². The maximum atomic E-state index is 6.85. The SMILES string of the molecule is Cn1c2nc3nc(nc4[nH]c(nc5nc(nc1c1c(Cl)ccc(Cl)c12)-c1c(Cl)ccc(Cl)c1-5)c1c(Cl)ccc(Cl)c41)-c1c(Cl)ccc(Cl)c1-3. The summed E-state index contributed by atoms with van der Waals surface area (Å²) in [5.41, 5.74) is 3.29. The fourth-order valence-corrected chi connectivity index (χ4v) is 8.19. The second-order valence-electron chi connectivity index (χ2n) is 11.1. The molecule has 0 spiro atoms. The van der Waals surface area contributed by atoms with E-state index >= 15 is 0 Å². The van der Waals surface area contributed by atoms with Crippen LogP contribution in [0.25, 0.3) is 89.7 Å². The van der Waals surface area contributed by atoms with Crippen LogP contribution in [0, 0.1) is 0 Å². The Kier molecular flexibility index (Phi) is 7.26. The van der Waals surface area contributed by atoms with E-state index in [1.807, 2.05) is 0 Å². The molecule has 0 amide bonds. The largest absolute Gasteiger partial charge is 0.324 e. The van der Waals surface area contributed by atoms with E-state index in [-0.39, 0.29) is 23.3 Å². The molecule has 9 rings (SSSR count). The minimum Gasteiger partial charge on any atom is -0.324 e. The highest BCUT2D eigenvalue weighted by Gasteiger charge is 2.29. The number of hydrogen-bond donors (Lipinski definition) is 1. The average Bonchev–Trinajstić information content (AvgIpc) is 3.80. The van der Waals surface area contributed by atoms with Crippen molar-refractivity contribution in [2.24, 2.45) is 7.05 Å². The van der Waals surface area contributed by atoms with Crippen LogP contribution in [0.3, 0.4) is 0 Å². The Morgan fingerprint density at radius 1 is 0.388 bits per heavy atom. The number of halogens is 8. The number of hydrogen-bond acceptors (Lipinski definition) is 6. The Bertz CT molecular complexity index is 2660. The summed E-state index contributed by atoms with van der Waals surface area (Å²) in [4.78, 5) is 32.9. The van der Waals surface area contributed by atoms with Crippen molar-refractivity contribution in [3.63, 3.8) is 0 Å². The van der Waals surface area contributed by atoms with E-state index in [2.05, 4.69) is 4.98 Å². The standard InChI is InChI=1S/C33H12Cl8N8/c1-49-32-24-16(40)8-9-17(41)25(24)33(49)48-31-23-15(39)7-5-13(37)21(23)29(46-31)44-27-19-11(35)3-2-10(34)18(19)26(42-27)43-28-20-12(36)4-6-14(38)22(20)30(45-28)47-32/h2-9H,1H3,(H,42,43,44,45,46,47,48). The molecule has 1 N–H and O–H groups in total. The zero-order valence-corrected chi connectivity index (χ0v) is 30.3. The number of benzene rings is 4. The third-order valence-electron chi connectivity index (χ3n) is 8.38. The van der Waals surface area contributed by atoms with Crippen LogP contribution >= 0.6 is 92.8 Å². The maximum absolute atomic E-state index is 6.85. The van der Waals surface area contributed by atoms with Gasteiger partial charge in [-0.2, -0.15) is 0 Å². The van der Waals surface area contributed by atoms with Crippen LogP contribution in [0.1, 0.15) is 0 Å². The minimum absolute atomic E-state index is 0.223. The van der Waals surface area contributed by atoms with Gasteiger partial charge in [-0.3, -0.25) is 0 Å². The second-order valence-corrected chi connectivity index (χ2v) is 14.4. The summed E-state index contributed by atoms with van der Waals surface area (Å²) in [6, 6.07) is 13.4. The van der Waals surface area contributed by atoms with Gasteiger partial charge in [-0.15, -0.1) is 0 Å².